The van der Waals surface area contributed by atoms with Crippen LogP contribution >= 0.6 is 11.8 Å². The third kappa shape index (κ3) is 5.78. The molecule has 1 fully saturated rings. The van der Waals surface area contributed by atoms with Gasteiger partial charge in [-0.1, -0.05) is 36.0 Å². The summed E-state index contributed by atoms with van der Waals surface area (Å²) in [4.78, 5) is 35.2. The Labute approximate surface area is 180 Å². The molecule has 0 saturated carbocycles. The molecule has 1 aliphatic rings. The molecule has 0 spiro atoms. The molecule has 0 aliphatic carbocycles. The standard InChI is InChI=1S/C21H19F3N2O4S/c1-30-16-7-6-14(21(22,23)24)11-15(16)18(27)25-9-8-12-2-4-13(5-3-12)10-17-19(28)26-20(29)31-17/h2-7,11,17H,8-10H2,1H3,(H,25,27)(H,26,28,29). The third-order valence-electron chi connectivity index (χ3n) is 4.68. The summed E-state index contributed by atoms with van der Waals surface area (Å²) in [7, 11) is 1.28. The van der Waals surface area contributed by atoms with Crippen LogP contribution in [0, 0.1) is 0 Å². The second kappa shape index (κ2) is 9.42. The minimum absolute atomic E-state index is 0.0576. The normalized spacial score (nSPS) is 16.2. The molecule has 1 saturated heterocycles. The average Bonchev–Trinajstić information content (AvgIpc) is 3.04. The van der Waals surface area contributed by atoms with Crippen molar-refractivity contribution >= 4 is 28.8 Å². The van der Waals surface area contributed by atoms with Gasteiger partial charge in [-0.05, 0) is 42.2 Å². The zero-order chi connectivity index (χ0) is 22.6. The predicted molar refractivity (Wildman–Crippen MR) is 109 cm³/mol. The maximum atomic E-state index is 12.9. The molecule has 1 unspecified atom stereocenters. The first-order valence-electron chi connectivity index (χ1n) is 9.30. The highest BCUT2D eigenvalue weighted by atomic mass is 32.2. The number of carbonyl (C=O) groups excluding carboxylic acids is 3. The number of ether oxygens (including phenoxy) is 1. The molecule has 2 aromatic rings. The van der Waals surface area contributed by atoms with Crippen molar-refractivity contribution in [2.45, 2.75) is 24.3 Å². The molecule has 164 valence electrons. The van der Waals surface area contributed by atoms with Crippen LogP contribution < -0.4 is 15.4 Å². The molecular weight excluding hydrogens is 433 g/mol. The van der Waals surface area contributed by atoms with E-state index in [0.717, 1.165) is 41.1 Å². The lowest BCUT2D eigenvalue weighted by Gasteiger charge is -2.13. The number of methoxy groups -OCH3 is 1. The van der Waals surface area contributed by atoms with E-state index in [1.807, 2.05) is 24.3 Å². The smallest absolute Gasteiger partial charge is 0.416 e. The lowest BCUT2D eigenvalue weighted by Crippen LogP contribution is -2.26. The van der Waals surface area contributed by atoms with E-state index in [0.29, 0.717) is 12.8 Å². The predicted octanol–water partition coefficient (Wildman–Crippen LogP) is 3.58. The van der Waals surface area contributed by atoms with Crippen LogP contribution in [0.25, 0.3) is 0 Å². The monoisotopic (exact) mass is 452 g/mol. The second-order valence-electron chi connectivity index (χ2n) is 6.82. The van der Waals surface area contributed by atoms with Crippen LogP contribution in [-0.2, 0) is 23.8 Å². The van der Waals surface area contributed by atoms with Crippen LogP contribution in [0.15, 0.2) is 42.5 Å². The number of halogens is 3. The molecule has 31 heavy (non-hydrogen) atoms. The topological polar surface area (TPSA) is 84.5 Å². The van der Waals surface area contributed by atoms with Crippen LogP contribution in [0.1, 0.15) is 27.0 Å². The molecule has 1 aliphatic heterocycles. The largest absolute Gasteiger partial charge is 0.496 e. The number of imide groups is 1. The van der Waals surface area contributed by atoms with E-state index in [4.69, 9.17) is 4.74 Å². The van der Waals surface area contributed by atoms with Crippen LogP contribution in [0.4, 0.5) is 18.0 Å². The molecular formula is C21H19F3N2O4S. The van der Waals surface area contributed by atoms with Gasteiger partial charge in [-0.2, -0.15) is 13.2 Å². The number of benzene rings is 2. The first-order valence-corrected chi connectivity index (χ1v) is 10.2. The van der Waals surface area contributed by atoms with E-state index in [1.54, 1.807) is 0 Å². The van der Waals surface area contributed by atoms with E-state index < -0.39 is 22.9 Å². The Balaban J connectivity index is 1.56. The molecule has 2 aromatic carbocycles. The van der Waals surface area contributed by atoms with Gasteiger partial charge < -0.3 is 10.1 Å². The Hall–Kier alpha value is -3.01. The van der Waals surface area contributed by atoms with Gasteiger partial charge in [-0.25, -0.2) is 0 Å². The zero-order valence-electron chi connectivity index (χ0n) is 16.4. The van der Waals surface area contributed by atoms with Crippen molar-refractivity contribution in [2.75, 3.05) is 13.7 Å². The number of alkyl halides is 3. The maximum absolute atomic E-state index is 12.9. The number of hydrogen-bond acceptors (Lipinski definition) is 5. The molecule has 10 heteroatoms. The van der Waals surface area contributed by atoms with Crippen molar-refractivity contribution in [1.82, 2.24) is 10.6 Å². The number of nitrogens with one attached hydrogen (secondary N) is 2. The molecule has 6 nitrogen and oxygen atoms in total. The van der Waals surface area contributed by atoms with Gasteiger partial charge >= 0.3 is 6.18 Å². The molecule has 0 bridgehead atoms. The number of rotatable bonds is 7. The van der Waals surface area contributed by atoms with E-state index in [9.17, 15) is 27.6 Å². The Bertz CT molecular complexity index is 993. The zero-order valence-corrected chi connectivity index (χ0v) is 17.2. The Morgan fingerprint density at radius 1 is 1.13 bits per heavy atom. The van der Waals surface area contributed by atoms with Crippen molar-refractivity contribution < 1.29 is 32.3 Å². The molecule has 0 radical (unpaired) electrons. The van der Waals surface area contributed by atoms with Gasteiger partial charge in [0.05, 0.1) is 23.5 Å². The Kier molecular flexibility index (Phi) is 6.89. The number of thioether (sulfide) groups is 1. The summed E-state index contributed by atoms with van der Waals surface area (Å²) in [5, 5.41) is 4.06. The van der Waals surface area contributed by atoms with Crippen LogP contribution in [0.5, 0.6) is 5.75 Å². The van der Waals surface area contributed by atoms with Crippen LogP contribution in [0.2, 0.25) is 0 Å². The van der Waals surface area contributed by atoms with E-state index >= 15 is 0 Å². The molecule has 3 rings (SSSR count). The summed E-state index contributed by atoms with van der Waals surface area (Å²) in [5.74, 6) is -0.900. The summed E-state index contributed by atoms with van der Waals surface area (Å²) in [6.45, 7) is 0.215. The van der Waals surface area contributed by atoms with Gasteiger partial charge in [0.1, 0.15) is 5.75 Å². The molecule has 2 N–H and O–H groups in total. The van der Waals surface area contributed by atoms with Crippen molar-refractivity contribution in [3.63, 3.8) is 0 Å². The van der Waals surface area contributed by atoms with Crippen LogP contribution in [0.3, 0.4) is 0 Å². The third-order valence-corrected chi connectivity index (χ3v) is 5.66. The first kappa shape index (κ1) is 22.7. The Morgan fingerprint density at radius 3 is 2.39 bits per heavy atom. The summed E-state index contributed by atoms with van der Waals surface area (Å²) >= 11 is 0.965. The number of amides is 3. The summed E-state index contributed by atoms with van der Waals surface area (Å²) < 4.78 is 43.8. The Morgan fingerprint density at radius 2 is 1.81 bits per heavy atom. The SMILES string of the molecule is COc1ccc(C(F)(F)F)cc1C(=O)NCCc1ccc(CC2SC(=O)NC2=O)cc1. The van der Waals surface area contributed by atoms with E-state index in [2.05, 4.69) is 10.6 Å². The molecule has 0 aromatic heterocycles. The molecule has 1 atom stereocenters. The highest BCUT2D eigenvalue weighted by molar-refractivity contribution is 8.15. The van der Waals surface area contributed by atoms with E-state index in [-0.39, 0.29) is 29.0 Å². The second-order valence-corrected chi connectivity index (χ2v) is 8.00. The fraction of sp³-hybridized carbons (Fsp3) is 0.286. The lowest BCUT2D eigenvalue weighted by molar-refractivity contribution is -0.137. The summed E-state index contributed by atoms with van der Waals surface area (Å²) in [5.41, 5.74) is 0.683. The van der Waals surface area contributed by atoms with Gasteiger partial charge in [-0.3, -0.25) is 19.7 Å². The van der Waals surface area contributed by atoms with E-state index in [1.165, 1.54) is 7.11 Å². The molecule has 3 amide bonds. The van der Waals surface area contributed by atoms with Gasteiger partial charge in [0, 0.05) is 6.54 Å². The van der Waals surface area contributed by atoms with Gasteiger partial charge in [0.25, 0.3) is 11.1 Å². The van der Waals surface area contributed by atoms with Crippen molar-refractivity contribution in [3.8, 4) is 5.75 Å². The quantitative estimate of drug-likeness (QED) is 0.671. The lowest BCUT2D eigenvalue weighted by atomic mass is 10.0. The van der Waals surface area contributed by atoms with Gasteiger partial charge in [0.2, 0.25) is 5.91 Å². The minimum Gasteiger partial charge on any atom is -0.496 e. The fourth-order valence-electron chi connectivity index (χ4n) is 3.06. The number of hydrogen-bond donors (Lipinski definition) is 2. The highest BCUT2D eigenvalue weighted by Crippen LogP contribution is 2.32. The van der Waals surface area contributed by atoms with Crippen molar-refractivity contribution in [1.29, 1.82) is 0 Å². The van der Waals surface area contributed by atoms with Crippen molar-refractivity contribution in [2.24, 2.45) is 0 Å². The highest BCUT2D eigenvalue weighted by Gasteiger charge is 2.32. The van der Waals surface area contributed by atoms with Gasteiger partial charge in [0.15, 0.2) is 0 Å². The number of carbonyl (C=O) groups is 3. The van der Waals surface area contributed by atoms with Crippen molar-refractivity contribution in [3.05, 3.63) is 64.7 Å². The minimum atomic E-state index is -4.56. The summed E-state index contributed by atoms with van der Waals surface area (Å²) in [6.07, 6.45) is -3.67. The van der Waals surface area contributed by atoms with Gasteiger partial charge in [-0.15, -0.1) is 0 Å². The fourth-order valence-corrected chi connectivity index (χ4v) is 3.92. The first-order chi connectivity index (χ1) is 14.7. The maximum Gasteiger partial charge on any atom is 0.416 e. The molecule has 1 heterocycles. The average molecular weight is 452 g/mol. The van der Waals surface area contributed by atoms with Crippen LogP contribution in [-0.4, -0.2) is 36.0 Å². The summed E-state index contributed by atoms with van der Waals surface area (Å²) in [6, 6.07) is 10.1.